The molecule has 1 aliphatic rings. The van der Waals surface area contributed by atoms with Gasteiger partial charge in [-0.3, -0.25) is 0 Å². The Balaban J connectivity index is 1.63. The van der Waals surface area contributed by atoms with Gasteiger partial charge >= 0.3 is 0 Å². The lowest BCUT2D eigenvalue weighted by Gasteiger charge is -2.13. The summed E-state index contributed by atoms with van der Waals surface area (Å²) in [5.41, 5.74) is 13.1. The number of fused-ring (bicyclic) bond motifs is 13. The summed E-state index contributed by atoms with van der Waals surface area (Å²) in [6.07, 6.45) is 0.973. The van der Waals surface area contributed by atoms with Gasteiger partial charge in [-0.1, -0.05) is 97.1 Å². The quantitative estimate of drug-likeness (QED) is 0.198. The Kier molecular flexibility index (Phi) is 3.51. The van der Waals surface area contributed by atoms with Crippen molar-refractivity contribution in [2.24, 2.45) is 0 Å². The Morgan fingerprint density at radius 1 is 0.359 bits per heavy atom. The molecule has 0 unspecified atom stereocenters. The number of benzene rings is 6. The van der Waals surface area contributed by atoms with Crippen LogP contribution >= 0.6 is 0 Å². The molecule has 0 spiro atoms. The minimum Gasteiger partial charge on any atom is -0.306 e. The van der Waals surface area contributed by atoms with Crippen LogP contribution in [0.1, 0.15) is 11.1 Å². The molecule has 0 bridgehead atoms. The van der Waals surface area contributed by atoms with Gasteiger partial charge in [0.05, 0.1) is 33.1 Å². The van der Waals surface area contributed by atoms with Crippen molar-refractivity contribution in [3.63, 3.8) is 0 Å². The molecule has 6 aromatic carbocycles. The van der Waals surface area contributed by atoms with E-state index in [9.17, 15) is 0 Å². The molecule has 10 rings (SSSR count). The van der Waals surface area contributed by atoms with Crippen LogP contribution in [0, 0.1) is 0 Å². The Morgan fingerprint density at radius 2 is 0.846 bits per heavy atom. The summed E-state index contributed by atoms with van der Waals surface area (Å²) in [5.74, 6) is 0. The number of hydrogen-bond acceptors (Lipinski definition) is 0. The third kappa shape index (κ3) is 2.34. The van der Waals surface area contributed by atoms with Crippen molar-refractivity contribution in [3.05, 3.63) is 132 Å². The smallest absolute Gasteiger partial charge is 0.0709 e. The van der Waals surface area contributed by atoms with E-state index < -0.39 is 0 Å². The van der Waals surface area contributed by atoms with Crippen LogP contribution in [0.5, 0.6) is 0 Å². The van der Waals surface area contributed by atoms with Gasteiger partial charge in [-0.15, -0.1) is 0 Å². The molecule has 0 radical (unpaired) electrons. The second kappa shape index (κ2) is 6.86. The predicted molar refractivity (Wildman–Crippen MR) is 164 cm³/mol. The highest BCUT2D eigenvalue weighted by Crippen LogP contribution is 2.43. The molecule has 39 heavy (non-hydrogen) atoms. The summed E-state index contributed by atoms with van der Waals surface area (Å²) < 4.78 is 5.07. The molecule has 0 saturated heterocycles. The van der Waals surface area contributed by atoms with Gasteiger partial charge in [0, 0.05) is 32.3 Å². The lowest BCUT2D eigenvalue weighted by Crippen LogP contribution is -1.96. The van der Waals surface area contributed by atoms with Crippen molar-refractivity contribution in [1.29, 1.82) is 0 Å². The lowest BCUT2D eigenvalue weighted by atomic mass is 10.0. The third-order valence-electron chi connectivity index (χ3n) is 9.05. The van der Waals surface area contributed by atoms with E-state index in [1.807, 2.05) is 0 Å². The number of nitrogens with zero attached hydrogens (tertiary/aromatic N) is 2. The maximum atomic E-state index is 2.54. The average Bonchev–Trinajstić information content (AvgIpc) is 3.63. The number of hydrogen-bond donors (Lipinski definition) is 0. The molecule has 2 heteroatoms. The molecular weight excluding hydrogens is 472 g/mol. The van der Waals surface area contributed by atoms with Crippen molar-refractivity contribution in [3.8, 4) is 11.1 Å². The molecule has 0 fully saturated rings. The van der Waals surface area contributed by atoms with Gasteiger partial charge in [-0.2, -0.15) is 0 Å². The van der Waals surface area contributed by atoms with Crippen LogP contribution < -0.4 is 0 Å². The summed E-state index contributed by atoms with van der Waals surface area (Å²) in [6, 6.07) is 45.3. The minimum atomic E-state index is 0.973. The highest BCUT2D eigenvalue weighted by molar-refractivity contribution is 6.25. The minimum absolute atomic E-state index is 0.973. The van der Waals surface area contributed by atoms with E-state index in [0.29, 0.717) is 0 Å². The van der Waals surface area contributed by atoms with E-state index in [4.69, 9.17) is 0 Å². The number of aromatic nitrogens is 2. The molecule has 3 heterocycles. The zero-order valence-corrected chi connectivity index (χ0v) is 21.1. The first-order valence-corrected chi connectivity index (χ1v) is 13.7. The van der Waals surface area contributed by atoms with E-state index >= 15 is 0 Å². The Hall–Kier alpha value is -5.08. The first-order valence-electron chi connectivity index (χ1n) is 13.7. The van der Waals surface area contributed by atoms with Crippen LogP contribution in [0.2, 0.25) is 0 Å². The highest BCUT2D eigenvalue weighted by atomic mass is 15.0. The molecule has 1 aliphatic carbocycles. The summed E-state index contributed by atoms with van der Waals surface area (Å²) in [6.45, 7) is 0. The van der Waals surface area contributed by atoms with Crippen LogP contribution in [0.3, 0.4) is 0 Å². The van der Waals surface area contributed by atoms with Crippen molar-refractivity contribution >= 4 is 65.4 Å². The Labute approximate surface area is 223 Å². The second-order valence-corrected chi connectivity index (χ2v) is 10.9. The molecule has 2 nitrogen and oxygen atoms in total. The fraction of sp³-hybridized carbons (Fsp3) is 0.0270. The predicted octanol–water partition coefficient (Wildman–Crippen LogP) is 9.53. The second-order valence-electron chi connectivity index (χ2n) is 10.9. The van der Waals surface area contributed by atoms with E-state index in [0.717, 1.165) is 6.42 Å². The van der Waals surface area contributed by atoms with Crippen LogP contribution in [0.4, 0.5) is 0 Å². The molecular formula is C37H22N2. The van der Waals surface area contributed by atoms with Gasteiger partial charge in [0.2, 0.25) is 0 Å². The fourth-order valence-electron chi connectivity index (χ4n) is 7.49. The molecule has 3 aromatic heterocycles. The molecule has 0 atom stereocenters. The van der Waals surface area contributed by atoms with Gasteiger partial charge in [-0.05, 0) is 52.9 Å². The molecule has 180 valence electrons. The standard InChI is InChI=1S/C37H22N2/c1-2-10-24-22(9-1)19-23-20-34-35(21-31(23)24)39-33-18-6-4-12-26(33)28-14-8-16-30(37(28)39)29-15-7-13-27-25-11-3-5-17-32(25)38(34)36(27)29/h1-18,20-21H,19H2. The monoisotopic (exact) mass is 494 g/mol. The number of rotatable bonds is 0. The van der Waals surface area contributed by atoms with E-state index in [1.54, 1.807) is 0 Å². The van der Waals surface area contributed by atoms with Crippen molar-refractivity contribution in [1.82, 2.24) is 8.80 Å². The highest BCUT2D eigenvalue weighted by Gasteiger charge is 2.23. The maximum Gasteiger partial charge on any atom is 0.0709 e. The molecule has 0 N–H and O–H groups in total. The Bertz CT molecular complexity index is 2520. The van der Waals surface area contributed by atoms with Crippen molar-refractivity contribution in [2.75, 3.05) is 0 Å². The normalized spacial score (nSPS) is 13.0. The SMILES string of the molecule is c1ccc2c(c1)Cc1cc3c(cc1-2)n1c2ccccc2c2cccc(c4cccc5c6ccccc6n3c54)c21. The molecule has 0 amide bonds. The summed E-state index contributed by atoms with van der Waals surface area (Å²) in [7, 11) is 0. The van der Waals surface area contributed by atoms with Crippen molar-refractivity contribution in [2.45, 2.75) is 6.42 Å². The van der Waals surface area contributed by atoms with Crippen LogP contribution in [0.25, 0.3) is 76.5 Å². The maximum absolute atomic E-state index is 2.54. The first kappa shape index (κ1) is 20.0. The summed E-state index contributed by atoms with van der Waals surface area (Å²) in [5, 5.41) is 7.77. The zero-order chi connectivity index (χ0) is 25.2. The largest absolute Gasteiger partial charge is 0.306 e. The van der Waals surface area contributed by atoms with Crippen LogP contribution in [-0.4, -0.2) is 8.80 Å². The fourth-order valence-corrected chi connectivity index (χ4v) is 7.49. The third-order valence-corrected chi connectivity index (χ3v) is 9.05. The van der Waals surface area contributed by atoms with Gasteiger partial charge in [-0.25, -0.2) is 0 Å². The first-order chi connectivity index (χ1) is 19.4. The lowest BCUT2D eigenvalue weighted by molar-refractivity contribution is 1.24. The van der Waals surface area contributed by atoms with Gasteiger partial charge in [0.25, 0.3) is 0 Å². The zero-order valence-electron chi connectivity index (χ0n) is 21.1. The summed E-state index contributed by atoms with van der Waals surface area (Å²) >= 11 is 0. The van der Waals surface area contributed by atoms with E-state index in [2.05, 4.69) is 130 Å². The van der Waals surface area contributed by atoms with Gasteiger partial charge in [0.1, 0.15) is 0 Å². The van der Waals surface area contributed by atoms with Gasteiger partial charge < -0.3 is 8.80 Å². The van der Waals surface area contributed by atoms with Crippen LogP contribution in [0.15, 0.2) is 121 Å². The molecule has 9 aromatic rings. The Morgan fingerprint density at radius 3 is 1.49 bits per heavy atom. The van der Waals surface area contributed by atoms with Gasteiger partial charge in [0.15, 0.2) is 0 Å². The van der Waals surface area contributed by atoms with Crippen molar-refractivity contribution < 1.29 is 0 Å². The number of para-hydroxylation sites is 4. The average molecular weight is 495 g/mol. The van der Waals surface area contributed by atoms with E-state index in [1.165, 1.54) is 87.7 Å². The molecule has 0 saturated carbocycles. The molecule has 0 aliphatic heterocycles. The van der Waals surface area contributed by atoms with Crippen LogP contribution in [-0.2, 0) is 6.42 Å². The van der Waals surface area contributed by atoms with E-state index in [-0.39, 0.29) is 0 Å². The topological polar surface area (TPSA) is 8.82 Å². The summed E-state index contributed by atoms with van der Waals surface area (Å²) in [4.78, 5) is 0.